The summed E-state index contributed by atoms with van der Waals surface area (Å²) >= 11 is 0. The molecule has 1 aliphatic heterocycles. The van der Waals surface area contributed by atoms with Crippen molar-refractivity contribution >= 4 is 23.8 Å². The number of para-hydroxylation sites is 1. The van der Waals surface area contributed by atoms with Crippen LogP contribution < -0.4 is 21.3 Å². The molecule has 0 aliphatic carbocycles. The molecular formula is C34H39F3N4O7. The molecule has 1 unspecified atom stereocenters. The fourth-order valence-electron chi connectivity index (χ4n) is 5.47. The molecule has 3 amide bonds. The number of aliphatic hydroxyl groups excluding tert-OH is 1. The molecule has 0 radical (unpaired) electrons. The molecule has 14 heteroatoms. The predicted octanol–water partition coefficient (Wildman–Crippen LogP) is 4.12. The number of benzene rings is 3. The lowest BCUT2D eigenvalue weighted by Gasteiger charge is -2.36. The van der Waals surface area contributed by atoms with Crippen LogP contribution in [0, 0.1) is 0 Å². The lowest BCUT2D eigenvalue weighted by molar-refractivity contribution is -0.124. The van der Waals surface area contributed by atoms with E-state index in [1.807, 2.05) is 72.8 Å². The first-order valence-corrected chi connectivity index (χ1v) is 15.4. The van der Waals surface area contributed by atoms with Crippen molar-refractivity contribution in [1.82, 2.24) is 16.0 Å². The smallest absolute Gasteiger partial charge is 0.407 e. The molecule has 48 heavy (non-hydrogen) atoms. The van der Waals surface area contributed by atoms with Crippen LogP contribution in [0.5, 0.6) is 0 Å². The summed E-state index contributed by atoms with van der Waals surface area (Å²) in [6.45, 7) is -1.90. The van der Waals surface area contributed by atoms with Gasteiger partial charge in [0, 0.05) is 18.2 Å². The number of carbonyl (C=O) groups is 3. The third-order valence-corrected chi connectivity index (χ3v) is 7.83. The van der Waals surface area contributed by atoms with Gasteiger partial charge >= 0.3 is 18.4 Å². The number of amides is 3. The summed E-state index contributed by atoms with van der Waals surface area (Å²) in [6, 6.07) is 24.3. The Hall–Kier alpha value is -4.66. The minimum absolute atomic E-state index is 0.301. The maximum atomic E-state index is 14.0. The molecule has 3 aromatic rings. The zero-order valence-electron chi connectivity index (χ0n) is 26.2. The molecule has 1 heterocycles. The maximum absolute atomic E-state index is 14.0. The third-order valence-electron chi connectivity index (χ3n) is 7.83. The van der Waals surface area contributed by atoms with E-state index in [-0.39, 0.29) is 12.7 Å². The highest BCUT2D eigenvalue weighted by molar-refractivity contribution is 5.98. The Morgan fingerprint density at radius 3 is 2.19 bits per heavy atom. The van der Waals surface area contributed by atoms with E-state index in [9.17, 15) is 32.7 Å². The first kappa shape index (κ1) is 36.2. The van der Waals surface area contributed by atoms with E-state index in [4.69, 9.17) is 14.2 Å². The standard InChI is InChI=1S/C34H39F3N4O7/c1-46-33(45)41-30(29(23-11-4-2-5-12-23)24-13-6-3-7-14-24)31(43)40-26-15-9-8-10-22(26)16-17-25-18-38-27(28(19-42)48-25)20-47-32(44)39-21-34(35,36)37/h2-15,25,27-30,38,42H,16-21H2,1H3,(H,39,44)(H,40,43)(H,41,45)/t25-,27-,28-,30?/m1/s1. The minimum Gasteiger partial charge on any atom is -0.453 e. The highest BCUT2D eigenvalue weighted by Gasteiger charge is 2.34. The Kier molecular flexibility index (Phi) is 13.2. The van der Waals surface area contributed by atoms with Crippen molar-refractivity contribution in [3.8, 4) is 0 Å². The van der Waals surface area contributed by atoms with E-state index in [0.29, 0.717) is 25.1 Å². The largest absolute Gasteiger partial charge is 0.453 e. The van der Waals surface area contributed by atoms with E-state index in [1.165, 1.54) is 7.11 Å². The van der Waals surface area contributed by atoms with Gasteiger partial charge in [0.15, 0.2) is 0 Å². The lowest BCUT2D eigenvalue weighted by Crippen LogP contribution is -2.56. The van der Waals surface area contributed by atoms with Crippen LogP contribution in [0.4, 0.5) is 28.4 Å². The van der Waals surface area contributed by atoms with Gasteiger partial charge < -0.3 is 40.6 Å². The van der Waals surface area contributed by atoms with Crippen molar-refractivity contribution in [3.63, 3.8) is 0 Å². The molecule has 258 valence electrons. The number of aryl methyl sites for hydroxylation is 1. The van der Waals surface area contributed by atoms with Crippen molar-refractivity contribution in [2.24, 2.45) is 0 Å². The molecule has 4 rings (SSSR count). The number of nitrogens with one attached hydrogen (secondary N) is 4. The second-order valence-corrected chi connectivity index (χ2v) is 11.2. The molecule has 4 atom stereocenters. The third kappa shape index (κ3) is 10.7. The van der Waals surface area contributed by atoms with Crippen LogP contribution in [0.1, 0.15) is 29.0 Å². The highest BCUT2D eigenvalue weighted by atomic mass is 19.4. The number of rotatable bonds is 13. The van der Waals surface area contributed by atoms with E-state index in [0.717, 1.165) is 16.7 Å². The number of morpholine rings is 1. The van der Waals surface area contributed by atoms with Crippen molar-refractivity contribution in [1.29, 1.82) is 0 Å². The Balaban J connectivity index is 1.42. The first-order valence-electron chi connectivity index (χ1n) is 15.4. The van der Waals surface area contributed by atoms with Crippen LogP contribution >= 0.6 is 0 Å². The Labute approximate surface area is 276 Å². The maximum Gasteiger partial charge on any atom is 0.407 e. The minimum atomic E-state index is -4.57. The fraction of sp³-hybridized carbons (Fsp3) is 0.382. The quantitative estimate of drug-likeness (QED) is 0.182. The summed E-state index contributed by atoms with van der Waals surface area (Å²) in [6.07, 6.45) is -6.74. The van der Waals surface area contributed by atoms with Crippen molar-refractivity contribution in [3.05, 3.63) is 102 Å². The van der Waals surface area contributed by atoms with Crippen LogP contribution in [0.2, 0.25) is 0 Å². The molecule has 0 spiro atoms. The molecule has 3 aromatic carbocycles. The van der Waals surface area contributed by atoms with Crippen LogP contribution in [-0.2, 0) is 25.4 Å². The zero-order valence-corrected chi connectivity index (χ0v) is 26.2. The number of alkyl carbamates (subject to hydrolysis) is 2. The highest BCUT2D eigenvalue weighted by Crippen LogP contribution is 2.30. The second kappa shape index (κ2) is 17.5. The van der Waals surface area contributed by atoms with E-state index in [2.05, 4.69) is 16.0 Å². The summed E-state index contributed by atoms with van der Waals surface area (Å²) < 4.78 is 52.7. The monoisotopic (exact) mass is 672 g/mol. The van der Waals surface area contributed by atoms with Gasteiger partial charge in [0.2, 0.25) is 5.91 Å². The van der Waals surface area contributed by atoms with E-state index >= 15 is 0 Å². The molecule has 5 N–H and O–H groups in total. The molecule has 1 saturated heterocycles. The van der Waals surface area contributed by atoms with Gasteiger partial charge in [0.05, 0.1) is 32.0 Å². The zero-order chi connectivity index (χ0) is 34.5. The topological polar surface area (TPSA) is 147 Å². The first-order chi connectivity index (χ1) is 23.1. The van der Waals surface area contributed by atoms with Crippen molar-refractivity contribution in [2.45, 2.75) is 49.2 Å². The summed E-state index contributed by atoms with van der Waals surface area (Å²) in [5.41, 5.74) is 2.98. The number of anilines is 1. The SMILES string of the molecule is COC(=O)NC(C(=O)Nc1ccccc1CC[C@@H]1CN[C@H](COC(=O)NCC(F)(F)F)[C@@H](CO)O1)C(c1ccccc1)c1ccccc1. The molecule has 1 aliphatic rings. The van der Waals surface area contributed by atoms with Gasteiger partial charge in [-0.3, -0.25) is 4.79 Å². The lowest BCUT2D eigenvalue weighted by atomic mass is 9.84. The normalized spacial score (nSPS) is 18.4. The van der Waals surface area contributed by atoms with Crippen LogP contribution in [-0.4, -0.2) is 87.1 Å². The molecule has 0 aromatic heterocycles. The molecule has 0 saturated carbocycles. The summed E-state index contributed by atoms with van der Waals surface area (Å²) in [4.78, 5) is 38.1. The predicted molar refractivity (Wildman–Crippen MR) is 170 cm³/mol. The molecular weight excluding hydrogens is 633 g/mol. The number of hydrogen-bond acceptors (Lipinski definition) is 8. The Morgan fingerprint density at radius 2 is 1.58 bits per heavy atom. The summed E-state index contributed by atoms with van der Waals surface area (Å²) in [7, 11) is 1.23. The Morgan fingerprint density at radius 1 is 0.958 bits per heavy atom. The number of halogens is 3. The average Bonchev–Trinajstić information content (AvgIpc) is 3.09. The summed E-state index contributed by atoms with van der Waals surface area (Å²) in [5, 5.41) is 20.3. The second-order valence-electron chi connectivity index (χ2n) is 11.2. The molecule has 0 bridgehead atoms. The number of alkyl halides is 3. The van der Waals surface area contributed by atoms with Gasteiger partial charge in [0.25, 0.3) is 0 Å². The molecule has 11 nitrogen and oxygen atoms in total. The number of ether oxygens (including phenoxy) is 3. The number of methoxy groups -OCH3 is 1. The number of aliphatic hydroxyl groups is 1. The number of carbonyl (C=O) groups excluding carboxylic acids is 3. The van der Waals surface area contributed by atoms with Gasteiger partial charge in [-0.15, -0.1) is 0 Å². The Bertz CT molecular complexity index is 1440. The van der Waals surface area contributed by atoms with Crippen molar-refractivity contribution < 1.29 is 46.9 Å². The molecule has 1 fully saturated rings. The van der Waals surface area contributed by atoms with Crippen LogP contribution in [0.15, 0.2) is 84.9 Å². The summed E-state index contributed by atoms with van der Waals surface area (Å²) in [5.74, 6) is -0.993. The van der Waals surface area contributed by atoms with Gasteiger partial charge in [0.1, 0.15) is 19.2 Å². The van der Waals surface area contributed by atoms with Crippen LogP contribution in [0.3, 0.4) is 0 Å². The van der Waals surface area contributed by atoms with Gasteiger partial charge in [-0.1, -0.05) is 78.9 Å². The van der Waals surface area contributed by atoms with Crippen molar-refractivity contribution in [2.75, 3.05) is 38.7 Å². The van der Waals surface area contributed by atoms with E-state index < -0.39 is 61.5 Å². The average molecular weight is 673 g/mol. The fourth-order valence-corrected chi connectivity index (χ4v) is 5.47. The van der Waals surface area contributed by atoms with E-state index in [1.54, 1.807) is 17.4 Å². The van der Waals surface area contributed by atoms with Gasteiger partial charge in [-0.25, -0.2) is 9.59 Å². The van der Waals surface area contributed by atoms with Crippen LogP contribution in [0.25, 0.3) is 0 Å². The number of hydrogen-bond donors (Lipinski definition) is 5. The van der Waals surface area contributed by atoms with Gasteiger partial charge in [-0.05, 0) is 35.6 Å². The van der Waals surface area contributed by atoms with Gasteiger partial charge in [-0.2, -0.15) is 13.2 Å².